The van der Waals surface area contributed by atoms with Gasteiger partial charge in [0, 0.05) is 0 Å². The Hall–Kier alpha value is 0.478. The Kier molecular flexibility index (Phi) is 2.88. The van der Waals surface area contributed by atoms with Gasteiger partial charge in [-0.25, -0.2) is 0 Å². The summed E-state index contributed by atoms with van der Waals surface area (Å²) in [7, 11) is 0. The van der Waals surface area contributed by atoms with E-state index in [9.17, 15) is 0 Å². The molecule has 0 saturated carbocycles. The first-order chi connectivity index (χ1) is 3.89. The van der Waals surface area contributed by atoms with Crippen LogP contribution in [-0.2, 0) is 24.1 Å². The molecular formula is C5H9NOW. The molecule has 1 fully saturated rings. The Morgan fingerprint density at radius 1 is 1.62 bits per heavy atom. The van der Waals surface area contributed by atoms with E-state index in [0.29, 0.717) is 0 Å². The van der Waals surface area contributed by atoms with Crippen LogP contribution in [0.3, 0.4) is 0 Å². The number of ether oxygens (including phenoxy) is 1. The van der Waals surface area contributed by atoms with Crippen molar-refractivity contribution in [1.29, 1.82) is 0 Å². The third-order valence-corrected chi connectivity index (χ3v) is 2.32. The summed E-state index contributed by atoms with van der Waals surface area (Å²) in [4.78, 5) is 0. The van der Waals surface area contributed by atoms with Gasteiger partial charge in [0.05, 0.1) is 0 Å². The molecule has 8 heavy (non-hydrogen) atoms. The van der Waals surface area contributed by atoms with E-state index in [1.54, 1.807) is 19.4 Å². The third kappa shape index (κ3) is 2.16. The van der Waals surface area contributed by atoms with E-state index < -0.39 is 0 Å². The Labute approximate surface area is 60.0 Å². The van der Waals surface area contributed by atoms with Crippen molar-refractivity contribution in [1.82, 2.24) is 5.32 Å². The molecule has 0 unspecified atom stereocenters. The van der Waals surface area contributed by atoms with Gasteiger partial charge in [-0.05, 0) is 0 Å². The van der Waals surface area contributed by atoms with Crippen LogP contribution in [0.25, 0.3) is 0 Å². The Balaban J connectivity index is 2.27. The predicted molar refractivity (Wildman–Crippen MR) is 28.2 cm³/mol. The predicted octanol–water partition coefficient (Wildman–Crippen LogP) is 0.0206. The van der Waals surface area contributed by atoms with Crippen LogP contribution in [0.15, 0.2) is 0 Å². The van der Waals surface area contributed by atoms with Crippen molar-refractivity contribution >= 4 is 4.02 Å². The van der Waals surface area contributed by atoms with Crippen LogP contribution in [0.5, 0.6) is 0 Å². The van der Waals surface area contributed by atoms with Crippen LogP contribution >= 0.6 is 0 Å². The Bertz CT molecular complexity index is 84.4. The minimum atomic E-state index is 0.721. The van der Waals surface area contributed by atoms with E-state index in [-0.39, 0.29) is 0 Å². The van der Waals surface area contributed by atoms with Gasteiger partial charge in [-0.3, -0.25) is 0 Å². The number of nitrogens with one attached hydrogen (secondary N) is 1. The molecule has 0 aromatic carbocycles. The number of hydrogen-bond donors (Lipinski definition) is 1. The van der Waals surface area contributed by atoms with E-state index in [1.165, 1.54) is 16.9 Å². The molecule has 0 amide bonds. The molecule has 3 heteroatoms. The Morgan fingerprint density at radius 3 is 3.38 bits per heavy atom. The second-order valence-electron chi connectivity index (χ2n) is 1.76. The fraction of sp³-hybridized carbons (Fsp3) is 0.800. The molecule has 0 atom stereocenters. The Morgan fingerprint density at radius 2 is 2.50 bits per heavy atom. The van der Waals surface area contributed by atoms with Crippen molar-refractivity contribution < 1.29 is 24.1 Å². The average Bonchev–Trinajstić information content (AvgIpc) is 1.94. The molecule has 1 N–H and O–H groups in total. The molecule has 2 nitrogen and oxygen atoms in total. The first kappa shape index (κ1) is 6.60. The van der Waals surface area contributed by atoms with Crippen molar-refractivity contribution in [3.63, 3.8) is 0 Å². The summed E-state index contributed by atoms with van der Waals surface area (Å²) in [5, 5.41) is 3.18. The molecule has 0 aromatic heterocycles. The van der Waals surface area contributed by atoms with Crippen LogP contribution in [0.1, 0.15) is 12.8 Å². The van der Waals surface area contributed by atoms with Crippen molar-refractivity contribution in [2.24, 2.45) is 0 Å². The van der Waals surface area contributed by atoms with Gasteiger partial charge in [-0.2, -0.15) is 0 Å². The summed E-state index contributed by atoms with van der Waals surface area (Å²) < 4.78 is 6.58. The molecule has 0 aromatic rings. The molecule has 46 valence electrons. The monoisotopic (exact) mass is 283 g/mol. The summed E-state index contributed by atoms with van der Waals surface area (Å²) in [6.45, 7) is 1.64. The van der Waals surface area contributed by atoms with E-state index in [4.69, 9.17) is 4.74 Å². The van der Waals surface area contributed by atoms with Gasteiger partial charge >= 0.3 is 59.6 Å². The van der Waals surface area contributed by atoms with E-state index in [1.807, 2.05) is 0 Å². The van der Waals surface area contributed by atoms with E-state index >= 15 is 0 Å². The fourth-order valence-corrected chi connectivity index (χ4v) is 1.36. The average molecular weight is 283 g/mol. The quantitative estimate of drug-likeness (QED) is 0.677. The molecule has 1 aliphatic rings. The SMILES string of the molecule is [W]=[C]1CCCOCN1. The summed E-state index contributed by atoms with van der Waals surface area (Å²) in [5.74, 6) is 0. The van der Waals surface area contributed by atoms with E-state index in [0.717, 1.165) is 13.3 Å². The number of rotatable bonds is 0. The van der Waals surface area contributed by atoms with Gasteiger partial charge in [0.15, 0.2) is 0 Å². The van der Waals surface area contributed by atoms with Crippen molar-refractivity contribution in [3.8, 4) is 0 Å². The van der Waals surface area contributed by atoms with Crippen molar-refractivity contribution in [2.45, 2.75) is 12.8 Å². The fourth-order valence-electron chi connectivity index (χ4n) is 0.627. The van der Waals surface area contributed by atoms with Crippen molar-refractivity contribution in [2.75, 3.05) is 13.3 Å². The standard InChI is InChI=1S/C5H9NO.W/c1-2-4-7-5-6-3-1;/h6H,1-2,4-5H2;. The minimum absolute atomic E-state index is 0.721. The molecule has 1 heterocycles. The number of hydrogen-bond acceptors (Lipinski definition) is 2. The molecule has 1 saturated heterocycles. The topological polar surface area (TPSA) is 21.3 Å². The zero-order valence-electron chi connectivity index (χ0n) is 4.64. The summed E-state index contributed by atoms with van der Waals surface area (Å²) in [6, 6.07) is 0. The van der Waals surface area contributed by atoms with E-state index in [2.05, 4.69) is 5.32 Å². The van der Waals surface area contributed by atoms with Gasteiger partial charge in [-0.1, -0.05) is 0 Å². The second-order valence-corrected chi connectivity index (χ2v) is 3.53. The molecule has 0 radical (unpaired) electrons. The molecule has 1 aliphatic heterocycles. The van der Waals surface area contributed by atoms with Crippen LogP contribution in [0, 0.1) is 0 Å². The van der Waals surface area contributed by atoms with Crippen LogP contribution in [-0.4, -0.2) is 17.4 Å². The first-order valence-electron chi connectivity index (χ1n) is 2.74. The van der Waals surface area contributed by atoms with Gasteiger partial charge in [0.1, 0.15) is 0 Å². The first-order valence-corrected chi connectivity index (χ1v) is 4.21. The van der Waals surface area contributed by atoms with Gasteiger partial charge < -0.3 is 0 Å². The summed E-state index contributed by atoms with van der Waals surface area (Å²) >= 11 is 1.55. The summed E-state index contributed by atoms with van der Waals surface area (Å²) in [6.07, 6.45) is 2.39. The molecule has 0 spiro atoms. The van der Waals surface area contributed by atoms with Crippen molar-refractivity contribution in [3.05, 3.63) is 0 Å². The molecule has 0 bridgehead atoms. The zero-order chi connectivity index (χ0) is 5.82. The summed E-state index contributed by atoms with van der Waals surface area (Å²) in [5.41, 5.74) is 0. The zero-order valence-corrected chi connectivity index (χ0v) is 7.58. The van der Waals surface area contributed by atoms with Crippen LogP contribution in [0.4, 0.5) is 0 Å². The third-order valence-electron chi connectivity index (χ3n) is 1.06. The molecule has 0 aliphatic carbocycles. The molecule has 1 rings (SSSR count). The van der Waals surface area contributed by atoms with Gasteiger partial charge in [0.2, 0.25) is 0 Å². The maximum atomic E-state index is 5.15. The van der Waals surface area contributed by atoms with Crippen LogP contribution in [0.2, 0.25) is 0 Å². The normalized spacial score (nSPS) is 22.8. The molecular weight excluding hydrogens is 274 g/mol. The second kappa shape index (κ2) is 3.49. The van der Waals surface area contributed by atoms with Crippen LogP contribution < -0.4 is 5.32 Å². The van der Waals surface area contributed by atoms with Gasteiger partial charge in [-0.15, -0.1) is 0 Å². The van der Waals surface area contributed by atoms with Gasteiger partial charge in [0.25, 0.3) is 0 Å². The maximum absolute atomic E-state index is 5.15.